The molecule has 0 aliphatic carbocycles. The van der Waals surface area contributed by atoms with Crippen molar-refractivity contribution in [2.75, 3.05) is 0 Å². The maximum absolute atomic E-state index is 12.4. The van der Waals surface area contributed by atoms with Gasteiger partial charge in [0.25, 0.3) is 0 Å². The highest BCUT2D eigenvalue weighted by atomic mass is 127. The van der Waals surface area contributed by atoms with Gasteiger partial charge in [0.05, 0.1) is 19.5 Å². The quantitative estimate of drug-likeness (QED) is 0.150. The van der Waals surface area contributed by atoms with E-state index in [2.05, 4.69) is 75.4 Å². The van der Waals surface area contributed by atoms with E-state index in [1.807, 2.05) is 48.5 Å². The second kappa shape index (κ2) is 10.4. The van der Waals surface area contributed by atoms with Crippen molar-refractivity contribution < 1.29 is 14.3 Å². The van der Waals surface area contributed by atoms with E-state index < -0.39 is 5.97 Å². The first-order valence-electron chi connectivity index (χ1n) is 9.15. The molecule has 0 aromatic heterocycles. The van der Waals surface area contributed by atoms with E-state index in [9.17, 15) is 4.79 Å². The van der Waals surface area contributed by atoms with Crippen molar-refractivity contribution in [1.82, 2.24) is 0 Å². The molecule has 1 aliphatic heterocycles. The first-order chi connectivity index (χ1) is 15.3. The van der Waals surface area contributed by atoms with E-state index >= 15 is 0 Å². The average Bonchev–Trinajstić information content (AvgIpc) is 3.10. The Labute approximate surface area is 228 Å². The molecule has 0 N–H and O–H groups in total. The molecule has 1 aliphatic rings. The number of nitrogens with zero attached hydrogens (tertiary/aromatic N) is 1. The van der Waals surface area contributed by atoms with Gasteiger partial charge in [0, 0.05) is 13.6 Å². The summed E-state index contributed by atoms with van der Waals surface area (Å²) in [5, 5.41) is 0.468. The Kier molecular flexibility index (Phi) is 7.77. The van der Waals surface area contributed by atoms with Gasteiger partial charge in [-0.25, -0.2) is 9.79 Å². The second-order valence-electron chi connectivity index (χ2n) is 6.65. The molecule has 0 saturated heterocycles. The minimum absolute atomic E-state index is 0.190. The highest BCUT2D eigenvalue weighted by molar-refractivity contribution is 14.1. The lowest BCUT2D eigenvalue weighted by Gasteiger charge is -2.12. The van der Waals surface area contributed by atoms with Crippen LogP contribution in [0.4, 0.5) is 0 Å². The van der Waals surface area contributed by atoms with Gasteiger partial charge >= 0.3 is 5.97 Å². The molecule has 3 aromatic carbocycles. The summed E-state index contributed by atoms with van der Waals surface area (Å²) >= 11 is 19.1. The summed E-state index contributed by atoms with van der Waals surface area (Å²) in [5.41, 5.74) is 2.55. The molecule has 0 spiro atoms. The van der Waals surface area contributed by atoms with E-state index in [0.29, 0.717) is 22.9 Å². The SMILES string of the molecule is O=C1OC(c2cc(I)ccc2Cl)=N/C1=C\c1cc(Br)c(OCc2ccccc2Br)c(Br)c1. The van der Waals surface area contributed by atoms with Gasteiger partial charge in [0.15, 0.2) is 5.70 Å². The van der Waals surface area contributed by atoms with Crippen LogP contribution in [0.15, 0.2) is 78.7 Å². The lowest BCUT2D eigenvalue weighted by Crippen LogP contribution is -2.06. The Balaban J connectivity index is 1.59. The highest BCUT2D eigenvalue weighted by Crippen LogP contribution is 2.37. The third-order valence-electron chi connectivity index (χ3n) is 4.43. The Morgan fingerprint density at radius 1 is 1.03 bits per heavy atom. The van der Waals surface area contributed by atoms with Crippen molar-refractivity contribution in [2.24, 2.45) is 4.99 Å². The molecule has 0 saturated carbocycles. The minimum Gasteiger partial charge on any atom is -0.486 e. The molecule has 162 valence electrons. The van der Waals surface area contributed by atoms with Crippen molar-refractivity contribution >= 4 is 99.9 Å². The Bertz CT molecular complexity index is 1270. The summed E-state index contributed by atoms with van der Waals surface area (Å²) in [5.74, 6) is 0.319. The highest BCUT2D eigenvalue weighted by Gasteiger charge is 2.26. The molecule has 4 nitrogen and oxygen atoms in total. The molecular weight excluding hydrogens is 740 g/mol. The zero-order chi connectivity index (χ0) is 22.8. The Morgan fingerprint density at radius 2 is 1.75 bits per heavy atom. The maximum Gasteiger partial charge on any atom is 0.363 e. The number of rotatable bonds is 5. The molecule has 4 rings (SSSR count). The molecule has 0 unspecified atom stereocenters. The van der Waals surface area contributed by atoms with Crippen LogP contribution in [0.25, 0.3) is 6.08 Å². The van der Waals surface area contributed by atoms with Crippen molar-refractivity contribution in [3.05, 3.63) is 99.0 Å². The number of halogens is 5. The summed E-state index contributed by atoms with van der Waals surface area (Å²) in [6, 6.07) is 17.0. The number of hydrogen-bond acceptors (Lipinski definition) is 4. The number of carbonyl (C=O) groups excluding carboxylic acids is 1. The Morgan fingerprint density at radius 3 is 2.47 bits per heavy atom. The molecule has 0 radical (unpaired) electrons. The predicted octanol–water partition coefficient (Wildman–Crippen LogP) is 8.16. The monoisotopic (exact) mass is 749 g/mol. The third-order valence-corrected chi connectivity index (χ3v) is 7.39. The summed E-state index contributed by atoms with van der Waals surface area (Å²) in [7, 11) is 0. The van der Waals surface area contributed by atoms with E-state index in [-0.39, 0.29) is 11.6 Å². The van der Waals surface area contributed by atoms with Crippen LogP contribution in [-0.4, -0.2) is 11.9 Å². The number of esters is 1. The molecule has 0 bridgehead atoms. The van der Waals surface area contributed by atoms with Crippen LogP contribution in [0.1, 0.15) is 16.7 Å². The van der Waals surface area contributed by atoms with Gasteiger partial charge in [-0.05, 0) is 102 Å². The van der Waals surface area contributed by atoms with Crippen LogP contribution < -0.4 is 4.74 Å². The van der Waals surface area contributed by atoms with E-state index in [0.717, 1.165) is 28.1 Å². The van der Waals surface area contributed by atoms with Crippen LogP contribution in [-0.2, 0) is 16.1 Å². The summed E-state index contributed by atoms with van der Waals surface area (Å²) < 4.78 is 14.8. The smallest absolute Gasteiger partial charge is 0.363 e. The normalized spacial score (nSPS) is 14.5. The molecule has 32 heavy (non-hydrogen) atoms. The van der Waals surface area contributed by atoms with Gasteiger partial charge in [0.2, 0.25) is 5.90 Å². The largest absolute Gasteiger partial charge is 0.486 e. The first kappa shape index (κ1) is 23.9. The summed E-state index contributed by atoms with van der Waals surface area (Å²) in [4.78, 5) is 16.7. The third kappa shape index (κ3) is 5.47. The molecular formula is C23H12Br3ClINO3. The zero-order valence-electron chi connectivity index (χ0n) is 16.0. The van der Waals surface area contributed by atoms with Crippen LogP contribution in [0.3, 0.4) is 0 Å². The lowest BCUT2D eigenvalue weighted by atomic mass is 10.2. The van der Waals surface area contributed by atoms with Crippen LogP contribution in [0.2, 0.25) is 5.02 Å². The number of carbonyl (C=O) groups is 1. The molecule has 0 amide bonds. The van der Waals surface area contributed by atoms with Crippen LogP contribution in [0, 0.1) is 3.57 Å². The summed E-state index contributed by atoms with van der Waals surface area (Å²) in [6.07, 6.45) is 1.66. The van der Waals surface area contributed by atoms with Crippen LogP contribution in [0.5, 0.6) is 5.75 Å². The fraction of sp³-hybridized carbons (Fsp3) is 0.0435. The average molecular weight is 752 g/mol. The topological polar surface area (TPSA) is 47.9 Å². The molecule has 0 atom stereocenters. The van der Waals surface area contributed by atoms with Crippen molar-refractivity contribution in [2.45, 2.75) is 6.61 Å². The number of benzene rings is 3. The van der Waals surface area contributed by atoms with Crippen molar-refractivity contribution in [3.63, 3.8) is 0 Å². The van der Waals surface area contributed by atoms with Gasteiger partial charge in [-0.3, -0.25) is 0 Å². The predicted molar refractivity (Wildman–Crippen MR) is 145 cm³/mol. The maximum atomic E-state index is 12.4. The molecule has 3 aromatic rings. The van der Waals surface area contributed by atoms with E-state index in [4.69, 9.17) is 21.1 Å². The van der Waals surface area contributed by atoms with Gasteiger partial charge in [-0.15, -0.1) is 0 Å². The summed E-state index contributed by atoms with van der Waals surface area (Å²) in [6.45, 7) is 0.398. The van der Waals surface area contributed by atoms with Crippen molar-refractivity contribution in [1.29, 1.82) is 0 Å². The minimum atomic E-state index is -0.531. The Hall–Kier alpha value is -1.20. The zero-order valence-corrected chi connectivity index (χ0v) is 23.7. The van der Waals surface area contributed by atoms with Gasteiger partial charge in [-0.1, -0.05) is 45.7 Å². The molecule has 1 heterocycles. The lowest BCUT2D eigenvalue weighted by molar-refractivity contribution is -0.129. The van der Waals surface area contributed by atoms with Crippen LogP contribution >= 0.6 is 82.0 Å². The second-order valence-corrected chi connectivity index (χ2v) is 10.9. The van der Waals surface area contributed by atoms with E-state index in [1.165, 1.54) is 0 Å². The standard InChI is InChI=1S/C23H12Br3ClINO3/c24-16-4-2-1-3-13(16)11-31-21-17(25)7-12(8-18(21)26)9-20-23(30)32-22(29-20)15-10-14(28)5-6-19(15)27/h1-10H,11H2/b20-9-. The van der Waals surface area contributed by atoms with E-state index in [1.54, 1.807) is 12.1 Å². The van der Waals surface area contributed by atoms with Gasteiger partial charge in [0.1, 0.15) is 12.4 Å². The van der Waals surface area contributed by atoms with Gasteiger partial charge in [-0.2, -0.15) is 0 Å². The number of aliphatic imine (C=N–C) groups is 1. The number of hydrogen-bond donors (Lipinski definition) is 0. The molecule has 9 heteroatoms. The van der Waals surface area contributed by atoms with Crippen molar-refractivity contribution in [3.8, 4) is 5.75 Å². The number of ether oxygens (including phenoxy) is 2. The van der Waals surface area contributed by atoms with Gasteiger partial charge < -0.3 is 9.47 Å². The first-order valence-corrected chi connectivity index (χ1v) is 13.0. The fourth-order valence-corrected chi connectivity index (χ4v) is 5.45. The fourth-order valence-electron chi connectivity index (χ4n) is 2.91. The molecule has 0 fully saturated rings. The number of cyclic esters (lactones) is 1.